The fraction of sp³-hybridized carbons (Fsp3) is 0.400. The van der Waals surface area contributed by atoms with Crippen LogP contribution >= 0.6 is 0 Å². The van der Waals surface area contributed by atoms with E-state index in [-0.39, 0.29) is 5.56 Å². The quantitative estimate of drug-likeness (QED) is 0.650. The zero-order valence-electron chi connectivity index (χ0n) is 7.66. The molecule has 0 saturated carbocycles. The highest BCUT2D eigenvalue weighted by molar-refractivity contribution is 5.25. The lowest BCUT2D eigenvalue weighted by Crippen LogP contribution is -2.13. The van der Waals surface area contributed by atoms with Gasteiger partial charge in [0.25, 0.3) is 0 Å². The van der Waals surface area contributed by atoms with Crippen LogP contribution in [0.25, 0.3) is 0 Å². The number of hydrogen-bond donors (Lipinski definition) is 0. The summed E-state index contributed by atoms with van der Waals surface area (Å²) in [5.41, 5.74) is 0.433. The van der Waals surface area contributed by atoms with Gasteiger partial charge in [-0.15, -0.1) is 0 Å². The van der Waals surface area contributed by atoms with Crippen LogP contribution in [0.5, 0.6) is 0 Å². The summed E-state index contributed by atoms with van der Waals surface area (Å²) in [6, 6.07) is 3.85. The molecule has 4 heteroatoms. The van der Waals surface area contributed by atoms with E-state index in [0.29, 0.717) is 12.0 Å². The number of benzene rings is 1. The van der Waals surface area contributed by atoms with Crippen LogP contribution in [-0.4, -0.2) is 6.18 Å². The van der Waals surface area contributed by atoms with E-state index in [1.165, 1.54) is 12.1 Å². The molecule has 1 rings (SSSR count). The van der Waals surface area contributed by atoms with Crippen LogP contribution in [0.4, 0.5) is 17.6 Å². The first kappa shape index (κ1) is 11.0. The molecule has 0 heterocycles. The summed E-state index contributed by atoms with van der Waals surface area (Å²) in [6.07, 6.45) is -4.95. The highest BCUT2D eigenvalue weighted by Crippen LogP contribution is 2.23. The van der Waals surface area contributed by atoms with E-state index in [9.17, 15) is 17.6 Å². The molecule has 0 fully saturated rings. The van der Waals surface area contributed by atoms with Crippen molar-refractivity contribution in [3.05, 3.63) is 35.1 Å². The van der Waals surface area contributed by atoms with Gasteiger partial charge in [0.15, 0.2) is 0 Å². The number of rotatable bonds is 2. The number of alkyl halides is 3. The Labute approximate surface area is 79.6 Å². The molecule has 0 amide bonds. The van der Waals surface area contributed by atoms with Gasteiger partial charge in [-0.2, -0.15) is 13.2 Å². The third kappa shape index (κ3) is 3.01. The topological polar surface area (TPSA) is 0 Å². The number of aryl methyl sites for hydroxylation is 1. The van der Waals surface area contributed by atoms with Gasteiger partial charge < -0.3 is 0 Å². The van der Waals surface area contributed by atoms with Crippen molar-refractivity contribution in [3.8, 4) is 0 Å². The minimum absolute atomic E-state index is 0.281. The molecule has 0 spiro atoms. The van der Waals surface area contributed by atoms with Gasteiger partial charge in [-0.3, -0.25) is 0 Å². The molecule has 0 bridgehead atoms. The molecule has 14 heavy (non-hydrogen) atoms. The summed E-state index contributed by atoms with van der Waals surface area (Å²) >= 11 is 0. The van der Waals surface area contributed by atoms with Crippen LogP contribution in [0.15, 0.2) is 18.2 Å². The average Bonchev–Trinajstić information content (AvgIpc) is 2.06. The monoisotopic (exact) mass is 206 g/mol. The average molecular weight is 206 g/mol. The van der Waals surface area contributed by atoms with Crippen molar-refractivity contribution in [3.63, 3.8) is 0 Å². The summed E-state index contributed by atoms with van der Waals surface area (Å²) < 4.78 is 48.9. The van der Waals surface area contributed by atoms with Gasteiger partial charge in [0.05, 0.1) is 6.42 Å². The minimum Gasteiger partial charge on any atom is -0.207 e. The molecule has 0 atom stereocenters. The van der Waals surface area contributed by atoms with Crippen molar-refractivity contribution in [2.24, 2.45) is 0 Å². The second kappa shape index (κ2) is 3.98. The second-order valence-electron chi connectivity index (χ2n) is 3.07. The molecule has 0 aromatic heterocycles. The van der Waals surface area contributed by atoms with Gasteiger partial charge in [-0.25, -0.2) is 4.39 Å². The molecular formula is C10H10F4. The van der Waals surface area contributed by atoms with Gasteiger partial charge >= 0.3 is 6.18 Å². The Morgan fingerprint density at radius 1 is 1.21 bits per heavy atom. The van der Waals surface area contributed by atoms with Crippen LogP contribution in [0.2, 0.25) is 0 Å². The van der Waals surface area contributed by atoms with Crippen molar-refractivity contribution >= 4 is 0 Å². The molecule has 1 aromatic rings. The molecule has 0 saturated heterocycles. The van der Waals surface area contributed by atoms with E-state index in [4.69, 9.17) is 0 Å². The Bertz CT molecular complexity index is 314. The molecule has 0 aliphatic rings. The standard InChI is InChI=1S/C10H10F4/c1-2-7-3-4-9(11)8(5-7)6-10(12,13)14/h3-5H,2,6H2,1H3. The lowest BCUT2D eigenvalue weighted by molar-refractivity contribution is -0.127. The van der Waals surface area contributed by atoms with Gasteiger partial charge in [0.2, 0.25) is 0 Å². The molecule has 0 N–H and O–H groups in total. The lowest BCUT2D eigenvalue weighted by atomic mass is 10.1. The van der Waals surface area contributed by atoms with E-state index in [2.05, 4.69) is 0 Å². The van der Waals surface area contributed by atoms with Crippen molar-refractivity contribution in [2.45, 2.75) is 25.9 Å². The predicted octanol–water partition coefficient (Wildman–Crippen LogP) is 3.49. The van der Waals surface area contributed by atoms with E-state index in [1.807, 2.05) is 6.92 Å². The Morgan fingerprint density at radius 3 is 2.36 bits per heavy atom. The van der Waals surface area contributed by atoms with Crippen molar-refractivity contribution in [1.29, 1.82) is 0 Å². The Kier molecular flexibility index (Phi) is 3.13. The molecule has 0 nitrogen and oxygen atoms in total. The Morgan fingerprint density at radius 2 is 1.86 bits per heavy atom. The van der Waals surface area contributed by atoms with Gasteiger partial charge in [0, 0.05) is 0 Å². The first-order valence-electron chi connectivity index (χ1n) is 4.26. The van der Waals surface area contributed by atoms with Crippen LogP contribution in [-0.2, 0) is 12.8 Å². The summed E-state index contributed by atoms with van der Waals surface area (Å²) in [4.78, 5) is 0. The van der Waals surface area contributed by atoms with Gasteiger partial charge in [-0.05, 0) is 23.6 Å². The van der Waals surface area contributed by atoms with Crippen LogP contribution in [0.1, 0.15) is 18.1 Å². The Hall–Kier alpha value is -1.06. The third-order valence-electron chi connectivity index (χ3n) is 1.91. The van der Waals surface area contributed by atoms with Crippen molar-refractivity contribution in [2.75, 3.05) is 0 Å². The smallest absolute Gasteiger partial charge is 0.207 e. The van der Waals surface area contributed by atoms with Gasteiger partial charge in [0.1, 0.15) is 5.82 Å². The summed E-state index contributed by atoms with van der Waals surface area (Å²) in [5.74, 6) is -0.792. The largest absolute Gasteiger partial charge is 0.393 e. The molecule has 78 valence electrons. The van der Waals surface area contributed by atoms with Crippen LogP contribution in [0, 0.1) is 5.82 Å². The highest BCUT2D eigenvalue weighted by Gasteiger charge is 2.29. The van der Waals surface area contributed by atoms with Crippen LogP contribution < -0.4 is 0 Å². The first-order chi connectivity index (χ1) is 6.42. The number of halogens is 4. The second-order valence-corrected chi connectivity index (χ2v) is 3.07. The van der Waals surface area contributed by atoms with E-state index >= 15 is 0 Å². The van der Waals surface area contributed by atoms with E-state index in [0.717, 1.165) is 6.07 Å². The zero-order valence-corrected chi connectivity index (χ0v) is 7.66. The fourth-order valence-corrected chi connectivity index (χ4v) is 1.20. The predicted molar refractivity (Wildman–Crippen MR) is 45.5 cm³/mol. The molecule has 1 aromatic carbocycles. The highest BCUT2D eigenvalue weighted by atomic mass is 19.4. The molecule has 0 unspecified atom stereocenters. The van der Waals surface area contributed by atoms with E-state index < -0.39 is 18.4 Å². The fourth-order valence-electron chi connectivity index (χ4n) is 1.20. The summed E-state index contributed by atoms with van der Waals surface area (Å²) in [7, 11) is 0. The maximum Gasteiger partial charge on any atom is 0.393 e. The Balaban J connectivity index is 2.95. The molecular weight excluding hydrogens is 196 g/mol. The SMILES string of the molecule is CCc1ccc(F)c(CC(F)(F)F)c1. The maximum absolute atomic E-state index is 12.9. The van der Waals surface area contributed by atoms with Crippen molar-refractivity contribution < 1.29 is 17.6 Å². The van der Waals surface area contributed by atoms with Crippen molar-refractivity contribution in [1.82, 2.24) is 0 Å². The number of hydrogen-bond acceptors (Lipinski definition) is 0. The molecule has 0 aliphatic heterocycles. The zero-order chi connectivity index (χ0) is 10.8. The summed E-state index contributed by atoms with van der Waals surface area (Å²) in [5, 5.41) is 0. The van der Waals surface area contributed by atoms with Crippen LogP contribution in [0.3, 0.4) is 0 Å². The molecule has 0 radical (unpaired) electrons. The first-order valence-corrected chi connectivity index (χ1v) is 4.26. The maximum atomic E-state index is 12.9. The normalized spacial score (nSPS) is 11.8. The lowest BCUT2D eigenvalue weighted by Gasteiger charge is -2.08. The molecule has 0 aliphatic carbocycles. The van der Waals surface area contributed by atoms with Gasteiger partial charge in [-0.1, -0.05) is 19.1 Å². The minimum atomic E-state index is -4.35. The van der Waals surface area contributed by atoms with E-state index in [1.54, 1.807) is 0 Å². The summed E-state index contributed by atoms with van der Waals surface area (Å²) in [6.45, 7) is 1.81. The third-order valence-corrected chi connectivity index (χ3v) is 1.91.